The standard InChI is InChI=1S/C20H20N4O8S/c1-3-22(20(26)32-13-15-6-10-17(11-7-15)24(29)30)18(33-2)21-19(25)31-12-14-4-8-16(9-5-14)23(27)28/h4-11H,3,12-13H2,1-2H3. The number of nitrogens with zero attached hydrogens (tertiary/aromatic N) is 4. The highest BCUT2D eigenvalue weighted by Gasteiger charge is 2.21. The van der Waals surface area contributed by atoms with Crippen LogP contribution in [0, 0.1) is 20.2 Å². The van der Waals surface area contributed by atoms with Crippen molar-refractivity contribution in [3.63, 3.8) is 0 Å². The van der Waals surface area contributed by atoms with Gasteiger partial charge in [-0.1, -0.05) is 11.8 Å². The second-order valence-corrected chi connectivity index (χ2v) is 7.07. The average Bonchev–Trinajstić information content (AvgIpc) is 2.81. The summed E-state index contributed by atoms with van der Waals surface area (Å²) in [5, 5.41) is 21.4. The number of hydrogen-bond acceptors (Lipinski definition) is 9. The van der Waals surface area contributed by atoms with Gasteiger partial charge in [0, 0.05) is 30.8 Å². The summed E-state index contributed by atoms with van der Waals surface area (Å²) < 4.78 is 10.3. The first kappa shape index (κ1) is 25.3. The molecule has 2 rings (SSSR count). The number of carbonyl (C=O) groups excluding carboxylic acids is 2. The Bertz CT molecular complexity index is 1040. The lowest BCUT2D eigenvalue weighted by Crippen LogP contribution is -2.36. The predicted molar refractivity (Wildman–Crippen MR) is 120 cm³/mol. The molecule has 0 aliphatic carbocycles. The fraction of sp³-hybridized carbons (Fsp3) is 0.250. The van der Waals surface area contributed by atoms with E-state index < -0.39 is 22.0 Å². The first-order valence-electron chi connectivity index (χ1n) is 9.45. The molecule has 0 radical (unpaired) electrons. The van der Waals surface area contributed by atoms with Gasteiger partial charge in [0.15, 0.2) is 5.17 Å². The molecule has 33 heavy (non-hydrogen) atoms. The van der Waals surface area contributed by atoms with Gasteiger partial charge in [-0.2, -0.15) is 4.99 Å². The third-order valence-electron chi connectivity index (χ3n) is 4.16. The van der Waals surface area contributed by atoms with Crippen molar-refractivity contribution in [1.29, 1.82) is 0 Å². The monoisotopic (exact) mass is 476 g/mol. The molecule has 0 heterocycles. The quantitative estimate of drug-likeness (QED) is 0.243. The Labute approximate surface area is 192 Å². The highest BCUT2D eigenvalue weighted by Crippen LogP contribution is 2.15. The van der Waals surface area contributed by atoms with Gasteiger partial charge < -0.3 is 9.47 Å². The van der Waals surface area contributed by atoms with Gasteiger partial charge >= 0.3 is 12.2 Å². The maximum atomic E-state index is 12.5. The molecule has 0 saturated heterocycles. The van der Waals surface area contributed by atoms with Gasteiger partial charge in [-0.15, -0.1) is 0 Å². The predicted octanol–water partition coefficient (Wildman–Crippen LogP) is 4.52. The molecule has 0 N–H and O–H groups in total. The molecule has 0 unspecified atom stereocenters. The summed E-state index contributed by atoms with van der Waals surface area (Å²) in [6, 6.07) is 11.0. The van der Waals surface area contributed by atoms with Crippen LogP contribution in [0.5, 0.6) is 0 Å². The first-order valence-corrected chi connectivity index (χ1v) is 10.7. The summed E-state index contributed by atoms with van der Waals surface area (Å²) >= 11 is 1.04. The molecule has 0 aromatic heterocycles. The van der Waals surface area contributed by atoms with Gasteiger partial charge in [0.05, 0.1) is 9.85 Å². The molecule has 2 aromatic carbocycles. The lowest BCUT2D eigenvalue weighted by molar-refractivity contribution is -0.385. The Hall–Kier alpha value is -4.00. The van der Waals surface area contributed by atoms with Gasteiger partial charge in [-0.3, -0.25) is 25.1 Å². The summed E-state index contributed by atoms with van der Waals surface area (Å²) in [6.45, 7) is 1.55. The lowest BCUT2D eigenvalue weighted by atomic mass is 10.2. The third kappa shape index (κ3) is 7.57. The summed E-state index contributed by atoms with van der Waals surface area (Å²) in [4.78, 5) is 49.8. The first-order chi connectivity index (χ1) is 15.7. The number of nitro groups is 2. The zero-order valence-electron chi connectivity index (χ0n) is 17.7. The van der Waals surface area contributed by atoms with Crippen LogP contribution in [0.1, 0.15) is 18.1 Å². The molecule has 0 aliphatic heterocycles. The zero-order valence-corrected chi connectivity index (χ0v) is 18.5. The number of hydrogen-bond donors (Lipinski definition) is 0. The smallest absolute Gasteiger partial charge is 0.436 e. The molecule has 2 aromatic rings. The Balaban J connectivity index is 1.96. The molecule has 2 amide bonds. The van der Waals surface area contributed by atoms with E-state index in [0.717, 1.165) is 16.7 Å². The van der Waals surface area contributed by atoms with Crippen molar-refractivity contribution in [1.82, 2.24) is 4.90 Å². The summed E-state index contributed by atoms with van der Waals surface area (Å²) in [5.41, 5.74) is 0.919. The van der Waals surface area contributed by atoms with Crippen molar-refractivity contribution in [2.24, 2.45) is 4.99 Å². The molecular formula is C20H20N4O8S. The molecule has 0 atom stereocenters. The number of amides is 2. The lowest BCUT2D eigenvalue weighted by Gasteiger charge is -2.20. The van der Waals surface area contributed by atoms with E-state index in [2.05, 4.69) is 4.99 Å². The number of carbonyl (C=O) groups is 2. The van der Waals surface area contributed by atoms with Crippen molar-refractivity contribution in [2.75, 3.05) is 12.8 Å². The molecule has 0 aliphatic rings. The van der Waals surface area contributed by atoms with E-state index in [4.69, 9.17) is 9.47 Å². The topological polar surface area (TPSA) is 154 Å². The van der Waals surface area contributed by atoms with E-state index in [0.29, 0.717) is 11.1 Å². The van der Waals surface area contributed by atoms with Crippen LogP contribution in [0.25, 0.3) is 0 Å². The summed E-state index contributed by atoms with van der Waals surface area (Å²) in [7, 11) is 0. The number of aliphatic imine (C=N–C) groups is 1. The SMILES string of the molecule is CCN(C(=O)OCc1ccc([N+](=O)[O-])cc1)C(=NC(=O)OCc1ccc([N+](=O)[O-])cc1)SC. The summed E-state index contributed by atoms with van der Waals surface area (Å²) in [6.07, 6.45) is -0.0826. The number of amidine groups is 1. The van der Waals surface area contributed by atoms with Gasteiger partial charge in [-0.05, 0) is 48.6 Å². The normalized spacial score (nSPS) is 10.9. The number of non-ortho nitro benzene ring substituents is 2. The van der Waals surface area contributed by atoms with Crippen LogP contribution >= 0.6 is 11.8 Å². The van der Waals surface area contributed by atoms with Crippen LogP contribution in [-0.2, 0) is 22.7 Å². The molecule has 0 fully saturated rings. The Morgan fingerprint density at radius 2 is 1.36 bits per heavy atom. The molecule has 0 spiro atoms. The minimum absolute atomic E-state index is 0.0555. The molecule has 174 valence electrons. The Kier molecular flexibility index (Phi) is 9.30. The average molecular weight is 476 g/mol. The van der Waals surface area contributed by atoms with Crippen LogP contribution in [0.2, 0.25) is 0 Å². The van der Waals surface area contributed by atoms with Gasteiger partial charge in [-0.25, -0.2) is 9.59 Å². The minimum Gasteiger partial charge on any atom is -0.444 e. The molecule has 0 saturated carbocycles. The van der Waals surface area contributed by atoms with Crippen molar-refractivity contribution in [2.45, 2.75) is 20.1 Å². The maximum absolute atomic E-state index is 12.5. The Morgan fingerprint density at radius 3 is 1.76 bits per heavy atom. The van der Waals surface area contributed by atoms with Gasteiger partial charge in [0.1, 0.15) is 13.2 Å². The fourth-order valence-corrected chi connectivity index (χ4v) is 3.05. The second kappa shape index (κ2) is 12.1. The van der Waals surface area contributed by atoms with E-state index in [-0.39, 0.29) is 36.3 Å². The molecule has 13 heteroatoms. The largest absolute Gasteiger partial charge is 0.444 e. The van der Waals surface area contributed by atoms with Crippen LogP contribution < -0.4 is 0 Å². The molecule has 12 nitrogen and oxygen atoms in total. The highest BCUT2D eigenvalue weighted by atomic mass is 32.2. The van der Waals surface area contributed by atoms with E-state index in [1.54, 1.807) is 13.2 Å². The van der Waals surface area contributed by atoms with Crippen molar-refractivity contribution in [3.05, 3.63) is 79.9 Å². The highest BCUT2D eigenvalue weighted by molar-refractivity contribution is 8.13. The van der Waals surface area contributed by atoms with Crippen molar-refractivity contribution < 1.29 is 28.9 Å². The van der Waals surface area contributed by atoms with E-state index >= 15 is 0 Å². The van der Waals surface area contributed by atoms with E-state index in [9.17, 15) is 29.8 Å². The maximum Gasteiger partial charge on any atom is 0.436 e. The zero-order chi connectivity index (χ0) is 24.4. The van der Waals surface area contributed by atoms with E-state index in [1.807, 2.05) is 0 Å². The third-order valence-corrected chi connectivity index (χ3v) is 4.83. The molecule has 0 bridgehead atoms. The number of thioether (sulfide) groups is 1. The summed E-state index contributed by atoms with van der Waals surface area (Å²) in [5.74, 6) is 0. The number of ether oxygens (including phenoxy) is 2. The van der Waals surface area contributed by atoms with Crippen molar-refractivity contribution in [3.8, 4) is 0 Å². The number of nitro benzene ring substituents is 2. The number of benzene rings is 2. The number of rotatable bonds is 7. The van der Waals surface area contributed by atoms with Gasteiger partial charge in [0.25, 0.3) is 11.4 Å². The van der Waals surface area contributed by atoms with Crippen LogP contribution in [0.4, 0.5) is 21.0 Å². The Morgan fingerprint density at radius 1 is 0.909 bits per heavy atom. The van der Waals surface area contributed by atoms with Gasteiger partial charge in [0.2, 0.25) is 0 Å². The van der Waals surface area contributed by atoms with Crippen LogP contribution in [0.15, 0.2) is 53.5 Å². The van der Waals surface area contributed by atoms with E-state index in [1.165, 1.54) is 48.5 Å². The second-order valence-electron chi connectivity index (χ2n) is 6.30. The van der Waals surface area contributed by atoms with Crippen LogP contribution in [-0.4, -0.2) is 44.9 Å². The minimum atomic E-state index is -0.945. The van der Waals surface area contributed by atoms with Crippen LogP contribution in [0.3, 0.4) is 0 Å². The molecular weight excluding hydrogens is 456 g/mol. The van der Waals surface area contributed by atoms with Crippen molar-refractivity contribution >= 4 is 40.5 Å². The fourth-order valence-electron chi connectivity index (χ4n) is 2.46.